The van der Waals surface area contributed by atoms with Gasteiger partial charge in [-0.3, -0.25) is 9.79 Å². The van der Waals surface area contributed by atoms with Crippen molar-refractivity contribution in [3.8, 4) is 0 Å². The van der Waals surface area contributed by atoms with Crippen molar-refractivity contribution in [3.63, 3.8) is 0 Å². The van der Waals surface area contributed by atoms with Gasteiger partial charge >= 0.3 is 0 Å². The minimum Gasteiger partial charge on any atom is -0.378 e. The molecule has 1 amide bonds. The van der Waals surface area contributed by atoms with Gasteiger partial charge in [0.2, 0.25) is 5.91 Å². The maximum atomic E-state index is 12.0. The summed E-state index contributed by atoms with van der Waals surface area (Å²) in [5, 5.41) is 6.67. The SMILES string of the molecule is CCNC(=NCCCN1CCCCCC1=O)NCCCOC1CCCC1.I. The zero-order chi connectivity index (χ0) is 18.5. The highest BCUT2D eigenvalue weighted by Gasteiger charge is 2.16. The number of halogens is 1. The summed E-state index contributed by atoms with van der Waals surface area (Å²) in [6.07, 6.45) is 11.6. The molecule has 1 saturated carbocycles. The van der Waals surface area contributed by atoms with Crippen LogP contribution in [0.4, 0.5) is 0 Å². The second-order valence-electron chi connectivity index (χ2n) is 7.36. The Labute approximate surface area is 182 Å². The molecule has 1 saturated heterocycles. The van der Waals surface area contributed by atoms with Gasteiger partial charge in [-0.25, -0.2) is 0 Å². The molecule has 0 bridgehead atoms. The lowest BCUT2D eigenvalue weighted by molar-refractivity contribution is -0.130. The van der Waals surface area contributed by atoms with Crippen molar-refractivity contribution in [2.45, 2.75) is 77.2 Å². The first-order valence-electron chi connectivity index (χ1n) is 10.7. The Kier molecular flexibility index (Phi) is 13.9. The Morgan fingerprint density at radius 1 is 1.15 bits per heavy atom. The first kappa shape index (κ1) is 24.5. The highest BCUT2D eigenvalue weighted by molar-refractivity contribution is 14.0. The van der Waals surface area contributed by atoms with E-state index in [1.165, 1.54) is 32.1 Å². The van der Waals surface area contributed by atoms with E-state index in [1.54, 1.807) is 0 Å². The number of carbonyl (C=O) groups excluding carboxylic acids is 1. The van der Waals surface area contributed by atoms with Gasteiger partial charge in [0.15, 0.2) is 5.96 Å². The third-order valence-corrected chi connectivity index (χ3v) is 5.14. The molecule has 1 aliphatic heterocycles. The van der Waals surface area contributed by atoms with Crippen molar-refractivity contribution in [1.82, 2.24) is 15.5 Å². The zero-order valence-corrected chi connectivity index (χ0v) is 19.3. The fraction of sp³-hybridized carbons (Fsp3) is 0.900. The molecule has 2 rings (SSSR count). The highest BCUT2D eigenvalue weighted by Crippen LogP contribution is 2.20. The highest BCUT2D eigenvalue weighted by atomic mass is 127. The van der Waals surface area contributed by atoms with Gasteiger partial charge in [-0.15, -0.1) is 24.0 Å². The second kappa shape index (κ2) is 15.4. The van der Waals surface area contributed by atoms with Crippen LogP contribution >= 0.6 is 24.0 Å². The van der Waals surface area contributed by atoms with Gasteiger partial charge in [-0.2, -0.15) is 0 Å². The summed E-state index contributed by atoms with van der Waals surface area (Å²) in [6, 6.07) is 0. The van der Waals surface area contributed by atoms with Gasteiger partial charge < -0.3 is 20.3 Å². The fourth-order valence-corrected chi connectivity index (χ4v) is 3.65. The number of guanidine groups is 1. The number of ether oxygens (including phenoxy) is 1. The zero-order valence-electron chi connectivity index (χ0n) is 17.0. The van der Waals surface area contributed by atoms with Crippen molar-refractivity contribution in [2.75, 3.05) is 39.3 Å². The molecule has 158 valence electrons. The van der Waals surface area contributed by atoms with Gasteiger partial charge in [0.05, 0.1) is 6.10 Å². The first-order valence-corrected chi connectivity index (χ1v) is 10.7. The molecule has 1 aliphatic carbocycles. The molecule has 0 spiro atoms. The molecule has 27 heavy (non-hydrogen) atoms. The Bertz CT molecular complexity index is 428. The smallest absolute Gasteiger partial charge is 0.222 e. The van der Waals surface area contributed by atoms with Crippen molar-refractivity contribution in [1.29, 1.82) is 0 Å². The molecule has 0 aromatic carbocycles. The molecular weight excluding hydrogens is 455 g/mol. The van der Waals surface area contributed by atoms with Gasteiger partial charge in [0.1, 0.15) is 0 Å². The molecule has 0 unspecified atom stereocenters. The summed E-state index contributed by atoms with van der Waals surface area (Å²) >= 11 is 0. The Balaban J connectivity index is 0.00000364. The summed E-state index contributed by atoms with van der Waals surface area (Å²) in [7, 11) is 0. The minimum absolute atomic E-state index is 0. The summed E-state index contributed by atoms with van der Waals surface area (Å²) < 4.78 is 5.89. The molecule has 2 fully saturated rings. The predicted octanol–water partition coefficient (Wildman–Crippen LogP) is 3.30. The molecule has 6 nitrogen and oxygen atoms in total. The summed E-state index contributed by atoms with van der Waals surface area (Å²) in [5.41, 5.74) is 0. The Morgan fingerprint density at radius 3 is 2.74 bits per heavy atom. The van der Waals surface area contributed by atoms with Crippen molar-refractivity contribution < 1.29 is 9.53 Å². The average molecular weight is 494 g/mol. The maximum absolute atomic E-state index is 12.0. The standard InChI is InChI=1S/C20H38N4O2.HI/c1-2-21-20(23-14-9-17-26-18-10-5-6-11-18)22-13-8-16-24-15-7-3-4-12-19(24)25;/h18H,2-17H2,1H3,(H2,21,22,23);1H. The number of nitrogens with one attached hydrogen (secondary N) is 2. The minimum atomic E-state index is 0. The number of rotatable bonds is 10. The lowest BCUT2D eigenvalue weighted by atomic mass is 10.2. The van der Waals surface area contributed by atoms with Gasteiger partial charge in [-0.05, 0) is 45.4 Å². The van der Waals surface area contributed by atoms with Crippen LogP contribution in [0.5, 0.6) is 0 Å². The molecule has 7 heteroatoms. The van der Waals surface area contributed by atoms with Crippen molar-refractivity contribution in [3.05, 3.63) is 0 Å². The van der Waals surface area contributed by atoms with Crippen LogP contribution in [-0.2, 0) is 9.53 Å². The summed E-state index contributed by atoms with van der Waals surface area (Å²) in [4.78, 5) is 18.7. The molecule has 2 N–H and O–H groups in total. The molecule has 2 aliphatic rings. The topological polar surface area (TPSA) is 66.0 Å². The molecule has 0 aromatic heterocycles. The van der Waals surface area contributed by atoms with Crippen LogP contribution in [0.1, 0.15) is 71.1 Å². The van der Waals surface area contributed by atoms with E-state index in [0.29, 0.717) is 12.0 Å². The maximum Gasteiger partial charge on any atom is 0.222 e. The number of likely N-dealkylation sites (tertiary alicyclic amines) is 1. The number of hydrogen-bond acceptors (Lipinski definition) is 3. The average Bonchev–Trinajstić information content (AvgIpc) is 3.07. The van der Waals surface area contributed by atoms with E-state index in [0.717, 1.165) is 77.4 Å². The molecular formula is C20H39IN4O2. The van der Waals surface area contributed by atoms with E-state index in [9.17, 15) is 4.79 Å². The van der Waals surface area contributed by atoms with Crippen LogP contribution in [0.2, 0.25) is 0 Å². The summed E-state index contributed by atoms with van der Waals surface area (Å²) in [5.74, 6) is 1.19. The second-order valence-corrected chi connectivity index (χ2v) is 7.36. The third-order valence-electron chi connectivity index (χ3n) is 5.14. The molecule has 0 aromatic rings. The number of hydrogen-bond donors (Lipinski definition) is 2. The van der Waals surface area contributed by atoms with Crippen LogP contribution in [0.3, 0.4) is 0 Å². The quantitative estimate of drug-likeness (QED) is 0.212. The molecule has 0 atom stereocenters. The largest absolute Gasteiger partial charge is 0.378 e. The predicted molar refractivity (Wildman–Crippen MR) is 122 cm³/mol. The monoisotopic (exact) mass is 494 g/mol. The van der Waals surface area contributed by atoms with Crippen LogP contribution in [0.15, 0.2) is 4.99 Å². The summed E-state index contributed by atoms with van der Waals surface area (Å²) in [6.45, 7) is 7.14. The van der Waals surface area contributed by atoms with E-state index < -0.39 is 0 Å². The van der Waals surface area contributed by atoms with Gasteiger partial charge in [0.25, 0.3) is 0 Å². The number of carbonyl (C=O) groups is 1. The van der Waals surface area contributed by atoms with E-state index in [2.05, 4.69) is 22.5 Å². The van der Waals surface area contributed by atoms with Gasteiger partial charge in [-0.1, -0.05) is 19.3 Å². The Hall–Kier alpha value is -0.570. The van der Waals surface area contributed by atoms with E-state index >= 15 is 0 Å². The van der Waals surface area contributed by atoms with E-state index in [4.69, 9.17) is 4.74 Å². The first-order chi connectivity index (χ1) is 12.8. The van der Waals surface area contributed by atoms with Crippen molar-refractivity contribution >= 4 is 35.8 Å². The number of nitrogens with zero attached hydrogens (tertiary/aromatic N) is 2. The van der Waals surface area contributed by atoms with Crippen LogP contribution in [-0.4, -0.2) is 62.2 Å². The molecule has 1 heterocycles. The number of amides is 1. The molecule has 0 radical (unpaired) electrons. The number of aliphatic imine (C=N–C) groups is 1. The Morgan fingerprint density at radius 2 is 1.96 bits per heavy atom. The van der Waals surface area contributed by atoms with Crippen molar-refractivity contribution in [2.24, 2.45) is 4.99 Å². The van der Waals surface area contributed by atoms with Gasteiger partial charge in [0, 0.05) is 45.8 Å². The lowest BCUT2D eigenvalue weighted by Crippen LogP contribution is -2.38. The lowest BCUT2D eigenvalue weighted by Gasteiger charge is -2.20. The fourth-order valence-electron chi connectivity index (χ4n) is 3.65. The van der Waals surface area contributed by atoms with Crippen LogP contribution < -0.4 is 10.6 Å². The van der Waals surface area contributed by atoms with Crippen LogP contribution in [0, 0.1) is 0 Å². The van der Waals surface area contributed by atoms with E-state index in [-0.39, 0.29) is 24.0 Å². The van der Waals surface area contributed by atoms with Crippen LogP contribution in [0.25, 0.3) is 0 Å². The normalized spacial score (nSPS) is 18.9. The third kappa shape index (κ3) is 10.5. The van der Waals surface area contributed by atoms with E-state index in [1.807, 2.05) is 4.90 Å².